The molecule has 0 heterocycles. The Morgan fingerprint density at radius 3 is 2.79 bits per heavy atom. The molecule has 0 aromatic heterocycles. The predicted octanol–water partition coefficient (Wildman–Crippen LogP) is 2.18. The maximum atomic E-state index is 12.7. The van der Waals surface area contributed by atoms with Crippen LogP contribution >= 0.6 is 12.6 Å². The van der Waals surface area contributed by atoms with Crippen molar-refractivity contribution in [2.24, 2.45) is 0 Å². The van der Waals surface area contributed by atoms with Crippen molar-refractivity contribution < 1.29 is 18.3 Å². The van der Waals surface area contributed by atoms with Crippen LogP contribution in [0.4, 0.5) is 13.6 Å². The first-order chi connectivity index (χ1) is 6.39. The number of thiol groups is 1. The van der Waals surface area contributed by atoms with Gasteiger partial charge in [-0.1, -0.05) is 0 Å². The lowest BCUT2D eigenvalue weighted by Crippen LogP contribution is -2.32. The minimum atomic E-state index is -2.68. The van der Waals surface area contributed by atoms with Gasteiger partial charge in [0.2, 0.25) is 0 Å². The first kappa shape index (κ1) is 11.6. The van der Waals surface area contributed by atoms with E-state index in [1.807, 2.05) is 0 Å². The fraction of sp³-hybridized carbons (Fsp3) is 0.875. The Balaban J connectivity index is 2.29. The van der Waals surface area contributed by atoms with Gasteiger partial charge in [-0.15, -0.1) is 0 Å². The van der Waals surface area contributed by atoms with Crippen LogP contribution in [0, 0.1) is 0 Å². The van der Waals surface area contributed by atoms with Crippen molar-refractivity contribution >= 4 is 18.7 Å². The summed E-state index contributed by atoms with van der Waals surface area (Å²) >= 11 is 3.91. The number of ether oxygens (including phenoxy) is 1. The summed E-state index contributed by atoms with van der Waals surface area (Å²) in [6.45, 7) is 1.65. The normalized spacial score (nSPS) is 27.0. The van der Waals surface area contributed by atoms with Gasteiger partial charge in [-0.05, 0) is 13.3 Å². The van der Waals surface area contributed by atoms with Gasteiger partial charge in [-0.3, -0.25) is 0 Å². The van der Waals surface area contributed by atoms with E-state index in [1.165, 1.54) is 0 Å². The zero-order valence-corrected chi connectivity index (χ0v) is 8.69. The SMILES string of the molecule is CC(S)NC(=O)OC1CCC(F)(F)C1. The summed E-state index contributed by atoms with van der Waals surface area (Å²) in [5, 5.41) is 2.01. The molecule has 2 unspecified atom stereocenters. The summed E-state index contributed by atoms with van der Waals surface area (Å²) in [7, 11) is 0. The second-order valence-electron chi connectivity index (χ2n) is 3.45. The second-order valence-corrected chi connectivity index (χ2v) is 4.22. The first-order valence-electron chi connectivity index (χ1n) is 4.42. The molecule has 0 saturated heterocycles. The van der Waals surface area contributed by atoms with Crippen LogP contribution in [0.15, 0.2) is 0 Å². The molecule has 1 fully saturated rings. The van der Waals surface area contributed by atoms with Crippen molar-refractivity contribution in [3.8, 4) is 0 Å². The number of alkyl halides is 2. The van der Waals surface area contributed by atoms with E-state index in [0.29, 0.717) is 0 Å². The molecule has 0 aromatic rings. The van der Waals surface area contributed by atoms with Crippen molar-refractivity contribution in [3.63, 3.8) is 0 Å². The summed E-state index contributed by atoms with van der Waals surface area (Å²) in [4.78, 5) is 11.0. The van der Waals surface area contributed by atoms with Crippen LogP contribution in [0.25, 0.3) is 0 Å². The van der Waals surface area contributed by atoms with Crippen LogP contribution in [0.1, 0.15) is 26.2 Å². The molecule has 0 aliphatic heterocycles. The maximum absolute atomic E-state index is 12.7. The van der Waals surface area contributed by atoms with E-state index in [4.69, 9.17) is 4.74 Å². The van der Waals surface area contributed by atoms with Crippen LogP contribution in [0.5, 0.6) is 0 Å². The first-order valence-corrected chi connectivity index (χ1v) is 4.94. The maximum Gasteiger partial charge on any atom is 0.408 e. The molecule has 0 aromatic carbocycles. The molecule has 0 bridgehead atoms. The van der Waals surface area contributed by atoms with Gasteiger partial charge in [0.1, 0.15) is 6.10 Å². The molecule has 14 heavy (non-hydrogen) atoms. The fourth-order valence-corrected chi connectivity index (χ4v) is 1.47. The number of carbonyl (C=O) groups excluding carboxylic acids is 1. The average Bonchev–Trinajstić information content (AvgIpc) is 2.27. The molecule has 2 atom stereocenters. The predicted molar refractivity (Wildman–Crippen MR) is 50.7 cm³/mol. The van der Waals surface area contributed by atoms with Gasteiger partial charge in [0.25, 0.3) is 5.92 Å². The monoisotopic (exact) mass is 225 g/mol. The molecular formula is C8H13F2NO2S. The minimum Gasteiger partial charge on any atom is -0.446 e. The number of hydrogen-bond donors (Lipinski definition) is 2. The molecule has 1 N–H and O–H groups in total. The van der Waals surface area contributed by atoms with Crippen LogP contribution in [-0.2, 0) is 4.74 Å². The Kier molecular flexibility index (Phi) is 3.58. The van der Waals surface area contributed by atoms with Crippen molar-refractivity contribution in [2.45, 2.75) is 43.6 Å². The number of halogens is 2. The van der Waals surface area contributed by atoms with Gasteiger partial charge in [0, 0.05) is 12.8 Å². The van der Waals surface area contributed by atoms with Crippen LogP contribution in [-0.4, -0.2) is 23.5 Å². The zero-order chi connectivity index (χ0) is 10.8. The Bertz CT molecular complexity index is 223. The highest BCUT2D eigenvalue weighted by Crippen LogP contribution is 2.36. The standard InChI is InChI=1S/C8H13F2NO2S/c1-5(14)11-7(12)13-6-2-3-8(9,10)4-6/h5-6,14H,2-4H2,1H3,(H,11,12). The Labute approximate surface area is 86.6 Å². The smallest absolute Gasteiger partial charge is 0.408 e. The zero-order valence-electron chi connectivity index (χ0n) is 7.80. The molecule has 1 aliphatic rings. The Hall–Kier alpha value is -0.520. The highest BCUT2D eigenvalue weighted by molar-refractivity contribution is 7.80. The van der Waals surface area contributed by atoms with Crippen LogP contribution in [0.3, 0.4) is 0 Å². The third kappa shape index (κ3) is 3.69. The highest BCUT2D eigenvalue weighted by Gasteiger charge is 2.41. The molecule has 82 valence electrons. The highest BCUT2D eigenvalue weighted by atomic mass is 32.1. The molecule has 0 radical (unpaired) electrons. The summed E-state index contributed by atoms with van der Waals surface area (Å²) in [5.41, 5.74) is 0. The Morgan fingerprint density at radius 1 is 1.71 bits per heavy atom. The van der Waals surface area contributed by atoms with E-state index >= 15 is 0 Å². The minimum absolute atomic E-state index is 0.207. The quantitative estimate of drug-likeness (QED) is 0.558. The number of alkyl carbamates (subject to hydrolysis) is 1. The number of amides is 1. The molecule has 3 nitrogen and oxygen atoms in total. The van der Waals surface area contributed by atoms with Crippen LogP contribution < -0.4 is 5.32 Å². The molecule has 1 aliphatic carbocycles. The number of rotatable bonds is 2. The number of hydrogen-bond acceptors (Lipinski definition) is 3. The lowest BCUT2D eigenvalue weighted by atomic mass is 10.3. The van der Waals surface area contributed by atoms with Gasteiger partial charge in [-0.2, -0.15) is 12.6 Å². The van der Waals surface area contributed by atoms with Gasteiger partial charge in [0.15, 0.2) is 0 Å². The molecule has 6 heteroatoms. The third-order valence-corrected chi connectivity index (χ3v) is 2.09. The molecule has 1 rings (SSSR count). The lowest BCUT2D eigenvalue weighted by molar-refractivity contribution is -0.00608. The van der Waals surface area contributed by atoms with E-state index in [9.17, 15) is 13.6 Å². The summed E-state index contributed by atoms with van der Waals surface area (Å²) in [6, 6.07) is 0. The van der Waals surface area contributed by atoms with Crippen molar-refractivity contribution in [2.75, 3.05) is 0 Å². The van der Waals surface area contributed by atoms with Crippen molar-refractivity contribution in [3.05, 3.63) is 0 Å². The van der Waals surface area contributed by atoms with Gasteiger partial charge >= 0.3 is 6.09 Å². The van der Waals surface area contributed by atoms with E-state index < -0.39 is 18.1 Å². The Morgan fingerprint density at radius 2 is 2.36 bits per heavy atom. The summed E-state index contributed by atoms with van der Waals surface area (Å²) in [6.07, 6.45) is -1.71. The fourth-order valence-electron chi connectivity index (χ4n) is 1.37. The second kappa shape index (κ2) is 4.33. The van der Waals surface area contributed by atoms with Gasteiger partial charge < -0.3 is 10.1 Å². The lowest BCUT2D eigenvalue weighted by Gasteiger charge is -2.14. The van der Waals surface area contributed by atoms with Gasteiger partial charge in [-0.25, -0.2) is 13.6 Å². The largest absolute Gasteiger partial charge is 0.446 e. The number of nitrogens with one attached hydrogen (secondary N) is 1. The van der Waals surface area contributed by atoms with E-state index in [1.54, 1.807) is 6.92 Å². The van der Waals surface area contributed by atoms with Crippen molar-refractivity contribution in [1.82, 2.24) is 5.32 Å². The number of carbonyl (C=O) groups is 1. The average molecular weight is 225 g/mol. The van der Waals surface area contributed by atoms with Gasteiger partial charge in [0.05, 0.1) is 5.37 Å². The topological polar surface area (TPSA) is 38.3 Å². The van der Waals surface area contributed by atoms with Crippen molar-refractivity contribution in [1.29, 1.82) is 0 Å². The van der Waals surface area contributed by atoms with Crippen LogP contribution in [0.2, 0.25) is 0 Å². The molecule has 1 saturated carbocycles. The van der Waals surface area contributed by atoms with E-state index in [0.717, 1.165) is 0 Å². The summed E-state index contributed by atoms with van der Waals surface area (Å²) in [5.74, 6) is -2.68. The summed E-state index contributed by atoms with van der Waals surface area (Å²) < 4.78 is 30.1. The van der Waals surface area contributed by atoms with E-state index in [2.05, 4.69) is 17.9 Å². The van der Waals surface area contributed by atoms with E-state index in [-0.39, 0.29) is 24.6 Å². The molecular weight excluding hydrogens is 212 g/mol. The third-order valence-electron chi connectivity index (χ3n) is 1.96. The molecule has 1 amide bonds. The molecule has 0 spiro atoms.